The van der Waals surface area contributed by atoms with Gasteiger partial charge in [-0.05, 0) is 71.6 Å². The Kier molecular flexibility index (Phi) is 8.76. The number of benzene rings is 3. The maximum Gasteiger partial charge on any atom is 0.247 e. The van der Waals surface area contributed by atoms with E-state index in [9.17, 15) is 14.0 Å². The third-order valence-corrected chi connectivity index (χ3v) is 7.93. The molecule has 3 aromatic carbocycles. The monoisotopic (exact) mass is 616 g/mol. The van der Waals surface area contributed by atoms with E-state index >= 15 is 0 Å². The van der Waals surface area contributed by atoms with Gasteiger partial charge in [0.1, 0.15) is 18.4 Å². The lowest BCUT2D eigenvalue weighted by atomic mass is 10.0. The second-order valence-corrected chi connectivity index (χ2v) is 10.9. The zero-order valence-corrected chi connectivity index (χ0v) is 24.9. The smallest absolute Gasteiger partial charge is 0.247 e. The van der Waals surface area contributed by atoms with Gasteiger partial charge in [0.2, 0.25) is 24.4 Å². The number of fused-ring (bicyclic) bond motifs is 1. The minimum absolute atomic E-state index is 0.00368. The van der Waals surface area contributed by atoms with Gasteiger partial charge in [-0.3, -0.25) is 9.59 Å². The molecule has 0 spiro atoms. The molecule has 0 bridgehead atoms. The van der Waals surface area contributed by atoms with Gasteiger partial charge in [-0.1, -0.05) is 31.0 Å². The zero-order chi connectivity index (χ0) is 31.3. The first-order valence-corrected chi connectivity index (χ1v) is 14.7. The number of hydrogen-bond acceptors (Lipinski definition) is 9. The van der Waals surface area contributed by atoms with E-state index in [0.717, 1.165) is 25.7 Å². The van der Waals surface area contributed by atoms with Gasteiger partial charge in [-0.2, -0.15) is 4.80 Å². The highest BCUT2D eigenvalue weighted by atomic mass is 19.1. The number of nitrogens with zero attached hydrogens (tertiary/aromatic N) is 5. The average Bonchev–Trinajstić information content (AvgIpc) is 3.84. The summed E-state index contributed by atoms with van der Waals surface area (Å²) in [5, 5.41) is 15.8. The van der Waals surface area contributed by atoms with Crippen molar-refractivity contribution in [1.82, 2.24) is 30.4 Å². The highest BCUT2D eigenvalue weighted by Crippen LogP contribution is 2.34. The lowest BCUT2D eigenvalue weighted by Gasteiger charge is -2.32. The van der Waals surface area contributed by atoms with Crippen LogP contribution in [0.3, 0.4) is 0 Å². The van der Waals surface area contributed by atoms with Gasteiger partial charge in [0.05, 0.1) is 14.2 Å². The number of aromatic nitrogens is 4. The Labute approximate surface area is 259 Å². The first-order chi connectivity index (χ1) is 21.9. The summed E-state index contributed by atoms with van der Waals surface area (Å²) in [6, 6.07) is 15.1. The summed E-state index contributed by atoms with van der Waals surface area (Å²) in [6.45, 7) is -0.157. The van der Waals surface area contributed by atoms with Crippen LogP contribution < -0.4 is 24.3 Å². The molecule has 1 aromatic heterocycles. The summed E-state index contributed by atoms with van der Waals surface area (Å²) in [4.78, 5) is 30.7. The Bertz CT molecular complexity index is 1670. The minimum atomic E-state index is -1.06. The van der Waals surface area contributed by atoms with E-state index in [2.05, 4.69) is 20.7 Å². The number of amides is 2. The summed E-state index contributed by atoms with van der Waals surface area (Å²) >= 11 is 0. The highest BCUT2D eigenvalue weighted by Gasteiger charge is 2.34. The van der Waals surface area contributed by atoms with Crippen molar-refractivity contribution < 1.29 is 32.9 Å². The third kappa shape index (κ3) is 6.66. The molecule has 1 aliphatic carbocycles. The standard InChI is InChI=1S/C32H33FN6O6/c1-42-25-14-10-22(16-27(25)43-2)31-35-37-39(36-31)18-29(40)38(17-20-7-13-26-28(15-20)45-19-44-26)30(21-8-11-23(33)12-9-21)32(41)34-24-5-3-4-6-24/h7-16,24,30H,3-6,17-19H2,1-2H3,(H,34,41). The Morgan fingerprint density at radius 1 is 1.00 bits per heavy atom. The highest BCUT2D eigenvalue weighted by molar-refractivity contribution is 5.89. The molecule has 6 rings (SSSR count). The van der Waals surface area contributed by atoms with Gasteiger partial charge in [-0.25, -0.2) is 4.39 Å². The van der Waals surface area contributed by atoms with Crippen molar-refractivity contribution >= 4 is 11.8 Å². The summed E-state index contributed by atoms with van der Waals surface area (Å²) < 4.78 is 35.7. The minimum Gasteiger partial charge on any atom is -0.493 e. The van der Waals surface area contributed by atoms with Crippen LogP contribution in [-0.2, 0) is 22.7 Å². The molecule has 2 heterocycles. The molecule has 12 nitrogen and oxygen atoms in total. The molecule has 0 saturated heterocycles. The van der Waals surface area contributed by atoms with Crippen LogP contribution in [0.5, 0.6) is 23.0 Å². The number of nitrogens with one attached hydrogen (secondary N) is 1. The number of halogens is 1. The largest absolute Gasteiger partial charge is 0.493 e. The van der Waals surface area contributed by atoms with Gasteiger partial charge in [-0.15, -0.1) is 10.2 Å². The van der Waals surface area contributed by atoms with Crippen molar-refractivity contribution in [2.75, 3.05) is 21.0 Å². The Morgan fingerprint density at radius 3 is 2.51 bits per heavy atom. The van der Waals surface area contributed by atoms with Crippen molar-refractivity contribution in [2.45, 2.75) is 50.9 Å². The normalized spacial score (nSPS) is 14.6. The number of carbonyl (C=O) groups excluding carboxylic acids is 2. The lowest BCUT2D eigenvalue weighted by Crippen LogP contribution is -2.46. The predicted octanol–water partition coefficient (Wildman–Crippen LogP) is 4.05. The summed E-state index contributed by atoms with van der Waals surface area (Å²) in [5.74, 6) is 1.22. The van der Waals surface area contributed by atoms with Crippen molar-refractivity contribution in [3.8, 4) is 34.4 Å². The maximum absolute atomic E-state index is 14.2. The Morgan fingerprint density at radius 2 is 1.76 bits per heavy atom. The van der Waals surface area contributed by atoms with Gasteiger partial charge in [0, 0.05) is 18.2 Å². The number of carbonyl (C=O) groups is 2. The van der Waals surface area contributed by atoms with Crippen LogP contribution in [-0.4, -0.2) is 64.0 Å². The van der Waals surface area contributed by atoms with Crippen LogP contribution in [0.1, 0.15) is 42.9 Å². The second-order valence-electron chi connectivity index (χ2n) is 10.9. The summed E-state index contributed by atoms with van der Waals surface area (Å²) in [5.41, 5.74) is 1.80. The molecule has 0 radical (unpaired) electrons. The quantitative estimate of drug-likeness (QED) is 0.265. The number of ether oxygens (including phenoxy) is 4. The zero-order valence-electron chi connectivity index (χ0n) is 24.9. The van der Waals surface area contributed by atoms with Crippen LogP contribution in [0.4, 0.5) is 4.39 Å². The molecule has 1 aliphatic heterocycles. The van der Waals surface area contributed by atoms with Crippen LogP contribution in [0, 0.1) is 5.82 Å². The van der Waals surface area contributed by atoms with E-state index in [4.69, 9.17) is 18.9 Å². The van der Waals surface area contributed by atoms with E-state index in [-0.39, 0.29) is 37.7 Å². The van der Waals surface area contributed by atoms with Crippen molar-refractivity contribution in [3.63, 3.8) is 0 Å². The lowest BCUT2D eigenvalue weighted by molar-refractivity contribution is -0.142. The second kappa shape index (κ2) is 13.2. The Balaban J connectivity index is 1.32. The molecule has 1 saturated carbocycles. The molecule has 13 heteroatoms. The van der Waals surface area contributed by atoms with Gasteiger partial charge in [0.25, 0.3) is 0 Å². The van der Waals surface area contributed by atoms with Crippen LogP contribution >= 0.6 is 0 Å². The molecule has 45 heavy (non-hydrogen) atoms. The van der Waals surface area contributed by atoms with E-state index < -0.39 is 17.8 Å². The van der Waals surface area contributed by atoms with Crippen molar-refractivity contribution in [1.29, 1.82) is 0 Å². The molecular formula is C32H33FN6O6. The summed E-state index contributed by atoms with van der Waals surface area (Å²) in [7, 11) is 3.07. The molecule has 1 N–H and O–H groups in total. The van der Waals surface area contributed by atoms with E-state index in [1.54, 1.807) is 37.4 Å². The van der Waals surface area contributed by atoms with Gasteiger partial charge >= 0.3 is 0 Å². The maximum atomic E-state index is 14.2. The molecular weight excluding hydrogens is 583 g/mol. The van der Waals surface area contributed by atoms with Crippen LogP contribution in [0.15, 0.2) is 60.7 Å². The topological polar surface area (TPSA) is 130 Å². The van der Waals surface area contributed by atoms with Crippen LogP contribution in [0.2, 0.25) is 0 Å². The fourth-order valence-electron chi connectivity index (χ4n) is 5.64. The molecule has 2 aliphatic rings. The third-order valence-electron chi connectivity index (χ3n) is 7.93. The Hall–Kier alpha value is -5.20. The van der Waals surface area contributed by atoms with E-state index in [0.29, 0.717) is 39.7 Å². The fourth-order valence-corrected chi connectivity index (χ4v) is 5.64. The number of hydrogen-bond donors (Lipinski definition) is 1. The predicted molar refractivity (Wildman–Crippen MR) is 159 cm³/mol. The molecule has 4 aromatic rings. The number of methoxy groups -OCH3 is 2. The van der Waals surface area contributed by atoms with Gasteiger partial charge in [0.15, 0.2) is 23.0 Å². The summed E-state index contributed by atoms with van der Waals surface area (Å²) in [6.07, 6.45) is 3.76. The molecule has 1 atom stereocenters. The first kappa shape index (κ1) is 29.9. The number of rotatable bonds is 11. The molecule has 1 fully saturated rings. The SMILES string of the molecule is COc1ccc(-c2nnn(CC(=O)N(Cc3ccc4c(c3)OCO4)C(C(=O)NC3CCCC3)c3ccc(F)cc3)n2)cc1OC. The molecule has 234 valence electrons. The first-order valence-electron chi connectivity index (χ1n) is 14.7. The van der Waals surface area contributed by atoms with Crippen molar-refractivity contribution in [2.24, 2.45) is 0 Å². The molecule has 1 unspecified atom stereocenters. The fraction of sp³-hybridized carbons (Fsp3) is 0.344. The van der Waals surface area contributed by atoms with Crippen LogP contribution in [0.25, 0.3) is 11.4 Å². The van der Waals surface area contributed by atoms with E-state index in [1.165, 1.54) is 41.1 Å². The average molecular weight is 617 g/mol. The van der Waals surface area contributed by atoms with Gasteiger partial charge < -0.3 is 29.2 Å². The number of tetrazole rings is 1. The molecule has 2 amide bonds. The van der Waals surface area contributed by atoms with E-state index in [1.807, 2.05) is 6.07 Å². The van der Waals surface area contributed by atoms with Crippen molar-refractivity contribution in [3.05, 3.63) is 77.6 Å².